The number of carbonyl (C=O) groups is 1. The van der Waals surface area contributed by atoms with Crippen molar-refractivity contribution in [1.82, 2.24) is 4.90 Å². The van der Waals surface area contributed by atoms with Gasteiger partial charge in [-0.3, -0.25) is 0 Å². The molecule has 0 bridgehead atoms. The Morgan fingerprint density at radius 1 is 1.11 bits per heavy atom. The molecule has 28 heavy (non-hydrogen) atoms. The Kier molecular flexibility index (Phi) is 7.07. The highest BCUT2D eigenvalue weighted by Gasteiger charge is 2.20. The number of amides is 2. The lowest BCUT2D eigenvalue weighted by Crippen LogP contribution is -2.40. The van der Waals surface area contributed by atoms with Crippen molar-refractivity contribution in [1.29, 1.82) is 0 Å². The summed E-state index contributed by atoms with van der Waals surface area (Å²) in [4.78, 5) is 14.6. The van der Waals surface area contributed by atoms with E-state index < -0.39 is 10.1 Å². The van der Waals surface area contributed by atoms with Gasteiger partial charge in [0, 0.05) is 18.3 Å². The van der Waals surface area contributed by atoms with Crippen LogP contribution in [0.15, 0.2) is 42.5 Å². The first-order valence-corrected chi connectivity index (χ1v) is 11.0. The van der Waals surface area contributed by atoms with Crippen LogP contribution in [0.2, 0.25) is 0 Å². The topological polar surface area (TPSA) is 75.7 Å². The molecule has 0 aliphatic heterocycles. The highest BCUT2D eigenvalue weighted by Crippen LogP contribution is 2.19. The quantitative estimate of drug-likeness (QED) is 0.691. The van der Waals surface area contributed by atoms with Gasteiger partial charge in [-0.25, -0.2) is 4.79 Å². The third kappa shape index (κ3) is 6.27. The monoisotopic (exact) mass is 404 g/mol. The Morgan fingerprint density at radius 3 is 2.29 bits per heavy atom. The summed E-state index contributed by atoms with van der Waals surface area (Å²) >= 11 is 0. The van der Waals surface area contributed by atoms with Crippen LogP contribution in [-0.4, -0.2) is 31.6 Å². The third-order valence-corrected chi connectivity index (χ3v) is 5.16. The number of aryl methyl sites for hydroxylation is 2. The molecule has 1 atom stereocenters. The Hall–Kier alpha value is -2.54. The van der Waals surface area contributed by atoms with Crippen LogP contribution < -0.4 is 9.50 Å². The van der Waals surface area contributed by atoms with Gasteiger partial charge < -0.3 is 14.4 Å². The van der Waals surface area contributed by atoms with Crippen LogP contribution >= 0.6 is 0 Å². The van der Waals surface area contributed by atoms with Crippen molar-refractivity contribution in [2.75, 3.05) is 11.6 Å². The predicted octanol–water partition coefficient (Wildman–Crippen LogP) is 4.47. The van der Waals surface area contributed by atoms with E-state index in [9.17, 15) is 13.2 Å². The summed E-state index contributed by atoms with van der Waals surface area (Å²) < 4.78 is 27.3. The average molecular weight is 405 g/mol. The Balaban J connectivity index is 2.14. The summed E-state index contributed by atoms with van der Waals surface area (Å²) in [5, 5.41) is 2.97. The van der Waals surface area contributed by atoms with E-state index in [1.54, 1.807) is 29.2 Å². The Morgan fingerprint density at radius 2 is 1.75 bits per heavy atom. The molecule has 0 aliphatic rings. The molecule has 2 aromatic rings. The number of urea groups is 1. The minimum absolute atomic E-state index is 0.0403. The second-order valence-corrected chi connectivity index (χ2v) is 8.62. The molecule has 0 aromatic heterocycles. The van der Waals surface area contributed by atoms with Gasteiger partial charge in [0.25, 0.3) is 0 Å². The molecule has 2 rings (SSSR count). The van der Waals surface area contributed by atoms with E-state index in [2.05, 4.69) is 5.32 Å². The minimum atomic E-state index is -3.56. The smallest absolute Gasteiger partial charge is 0.322 e. The maximum atomic E-state index is 12.9. The van der Waals surface area contributed by atoms with Crippen molar-refractivity contribution in [3.63, 3.8) is 0 Å². The van der Waals surface area contributed by atoms with Gasteiger partial charge in [-0.15, -0.1) is 0 Å². The first kappa shape index (κ1) is 21.8. The number of carbonyl (C=O) groups excluding carboxylic acids is 1. The third-order valence-electron chi connectivity index (χ3n) is 4.67. The zero-order valence-corrected chi connectivity index (χ0v) is 17.8. The normalized spacial score (nSPS) is 12.3. The molecule has 0 fully saturated rings. The summed E-state index contributed by atoms with van der Waals surface area (Å²) in [6.07, 6.45) is 1.82. The maximum absolute atomic E-state index is 12.9. The number of nitrogens with zero attached hydrogens (tertiary/aromatic N) is 1. The van der Waals surface area contributed by atoms with Crippen molar-refractivity contribution >= 4 is 21.8 Å². The van der Waals surface area contributed by atoms with Gasteiger partial charge in [-0.2, -0.15) is 8.42 Å². The molecule has 1 N–H and O–H groups in total. The molecule has 0 heterocycles. The number of hydrogen-bond donors (Lipinski definition) is 1. The average Bonchev–Trinajstić information content (AvgIpc) is 2.62. The molecule has 2 amide bonds. The summed E-state index contributed by atoms with van der Waals surface area (Å²) in [7, 11) is -3.56. The van der Waals surface area contributed by atoms with Gasteiger partial charge in [0.1, 0.15) is 5.75 Å². The molecule has 0 spiro atoms. The van der Waals surface area contributed by atoms with Crippen molar-refractivity contribution in [3.05, 3.63) is 59.2 Å². The zero-order valence-electron chi connectivity index (χ0n) is 17.0. The molecule has 6 nitrogen and oxygen atoms in total. The molecule has 0 saturated heterocycles. The van der Waals surface area contributed by atoms with Crippen molar-refractivity contribution < 1.29 is 17.4 Å². The van der Waals surface area contributed by atoms with Gasteiger partial charge in [0.15, 0.2) is 0 Å². The predicted molar refractivity (Wildman–Crippen MR) is 112 cm³/mol. The van der Waals surface area contributed by atoms with Crippen molar-refractivity contribution in [2.24, 2.45) is 0 Å². The van der Waals surface area contributed by atoms with E-state index in [0.29, 0.717) is 6.54 Å². The number of nitrogens with one attached hydrogen (secondary N) is 1. The molecule has 0 aliphatic carbocycles. The second-order valence-electron chi connectivity index (χ2n) is 7.05. The molecule has 0 unspecified atom stereocenters. The van der Waals surface area contributed by atoms with E-state index in [0.717, 1.165) is 29.5 Å². The van der Waals surface area contributed by atoms with Crippen LogP contribution in [0, 0.1) is 13.8 Å². The fourth-order valence-electron chi connectivity index (χ4n) is 2.68. The number of rotatable bonds is 7. The lowest BCUT2D eigenvalue weighted by molar-refractivity contribution is 0.187. The van der Waals surface area contributed by atoms with E-state index in [-0.39, 0.29) is 17.8 Å². The van der Waals surface area contributed by atoms with E-state index in [1.807, 2.05) is 45.9 Å². The van der Waals surface area contributed by atoms with Crippen LogP contribution in [0.25, 0.3) is 0 Å². The zero-order chi connectivity index (χ0) is 20.9. The first-order chi connectivity index (χ1) is 13.1. The van der Waals surface area contributed by atoms with Gasteiger partial charge in [0.05, 0.1) is 6.26 Å². The van der Waals surface area contributed by atoms with Gasteiger partial charge >= 0.3 is 16.1 Å². The van der Waals surface area contributed by atoms with E-state index in [1.165, 1.54) is 5.56 Å². The SMILES string of the molecule is CC[C@@H](C)N(Cc1ccc(OS(C)(=O)=O)cc1)C(=O)Nc1ccc(C)c(C)c1. The van der Waals surface area contributed by atoms with E-state index >= 15 is 0 Å². The van der Waals surface area contributed by atoms with Crippen LogP contribution in [0.4, 0.5) is 10.5 Å². The molecule has 7 heteroatoms. The van der Waals surface area contributed by atoms with Crippen molar-refractivity contribution in [2.45, 2.75) is 46.7 Å². The molecule has 152 valence electrons. The fourth-order valence-corrected chi connectivity index (χ4v) is 3.15. The molecular weight excluding hydrogens is 376 g/mol. The van der Waals surface area contributed by atoms with E-state index in [4.69, 9.17) is 4.18 Å². The van der Waals surface area contributed by atoms with Gasteiger partial charge in [0.2, 0.25) is 0 Å². The highest BCUT2D eigenvalue weighted by atomic mass is 32.2. The fraction of sp³-hybridized carbons (Fsp3) is 0.381. The first-order valence-electron chi connectivity index (χ1n) is 9.22. The number of hydrogen-bond acceptors (Lipinski definition) is 4. The maximum Gasteiger partial charge on any atom is 0.322 e. The van der Waals surface area contributed by atoms with Crippen molar-refractivity contribution in [3.8, 4) is 5.75 Å². The van der Waals surface area contributed by atoms with Crippen LogP contribution in [0.3, 0.4) is 0 Å². The number of benzene rings is 2. The summed E-state index contributed by atoms with van der Waals surface area (Å²) in [6.45, 7) is 8.48. The molecule has 0 radical (unpaired) electrons. The molecule has 0 saturated carbocycles. The molecular formula is C21H28N2O4S. The summed E-state index contributed by atoms with van der Waals surface area (Å²) in [5.74, 6) is 0.251. The summed E-state index contributed by atoms with van der Waals surface area (Å²) in [6, 6.07) is 12.4. The Labute approximate surface area is 167 Å². The van der Waals surface area contributed by atoms with Crippen LogP contribution in [-0.2, 0) is 16.7 Å². The largest absolute Gasteiger partial charge is 0.383 e. The molecule has 2 aromatic carbocycles. The highest BCUT2D eigenvalue weighted by molar-refractivity contribution is 7.86. The lowest BCUT2D eigenvalue weighted by atomic mass is 10.1. The van der Waals surface area contributed by atoms with Crippen LogP contribution in [0.5, 0.6) is 5.75 Å². The number of anilines is 1. The van der Waals surface area contributed by atoms with Gasteiger partial charge in [-0.05, 0) is 68.1 Å². The second kappa shape index (κ2) is 9.10. The lowest BCUT2D eigenvalue weighted by Gasteiger charge is -2.29. The van der Waals surface area contributed by atoms with Gasteiger partial charge in [-0.1, -0.05) is 25.1 Å². The van der Waals surface area contributed by atoms with Crippen LogP contribution in [0.1, 0.15) is 37.0 Å². The standard InChI is InChI=1S/C21H28N2O4S/c1-6-17(4)23(21(24)22-19-10-7-15(2)16(3)13-19)14-18-8-11-20(12-9-18)27-28(5,25)26/h7-13,17H,6,14H2,1-5H3,(H,22,24)/t17-/m1/s1. The minimum Gasteiger partial charge on any atom is -0.383 e. The Bertz CT molecular complexity index is 924. The summed E-state index contributed by atoms with van der Waals surface area (Å²) in [5.41, 5.74) is 3.94.